The molecule has 1 saturated carbocycles. The number of rotatable bonds is 5. The number of hydroxylamine groups is 2. The lowest BCUT2D eigenvalue weighted by Crippen LogP contribution is -2.52. The molecule has 1 aromatic carbocycles. The Morgan fingerprint density at radius 2 is 1.88 bits per heavy atom. The van der Waals surface area contributed by atoms with E-state index in [0.717, 1.165) is 49.1 Å². The number of aliphatic imine (C=N–C) groups is 1. The van der Waals surface area contributed by atoms with E-state index < -0.39 is 6.09 Å². The lowest BCUT2D eigenvalue weighted by Gasteiger charge is -2.36. The summed E-state index contributed by atoms with van der Waals surface area (Å²) < 4.78 is 13.5. The molecule has 2 aliphatic heterocycles. The zero-order valence-corrected chi connectivity index (χ0v) is 19.8. The molecule has 3 fully saturated rings. The molecule has 4 rings (SSSR count). The summed E-state index contributed by atoms with van der Waals surface area (Å²) in [6, 6.07) is 4.92. The van der Waals surface area contributed by atoms with Gasteiger partial charge in [-0.2, -0.15) is 5.06 Å². The summed E-state index contributed by atoms with van der Waals surface area (Å²) in [5, 5.41) is 1.34. The summed E-state index contributed by atoms with van der Waals surface area (Å²) in [7, 11) is 1.77. The fraction of sp³-hybridized carbons (Fsp3) is 0.560. The third-order valence-electron chi connectivity index (χ3n) is 7.02. The lowest BCUT2D eigenvalue weighted by atomic mass is 10.0. The molecule has 3 aliphatic rings. The van der Waals surface area contributed by atoms with Crippen LogP contribution in [0.15, 0.2) is 34.8 Å². The van der Waals surface area contributed by atoms with Crippen molar-refractivity contribution in [1.29, 1.82) is 0 Å². The van der Waals surface area contributed by atoms with Gasteiger partial charge in [0, 0.05) is 39.6 Å². The molecule has 0 aromatic heterocycles. The highest BCUT2D eigenvalue weighted by molar-refractivity contribution is 5.93. The van der Waals surface area contributed by atoms with Gasteiger partial charge in [0.05, 0.1) is 5.54 Å². The average molecular weight is 457 g/mol. The third-order valence-corrected chi connectivity index (χ3v) is 7.02. The standard InChI is InChI=1S/C25H33FN4O3/c1-18(4-6-20-17-21(26)7-5-19(20)2)16-22(27-3)28-12-14-29(15-13-28)24(32)33-30-23(31)8-9-25(30)10-11-25/h5,7,16-17H,4,6,8-15H2,1-3H3/b18-16+,27-22?. The van der Waals surface area contributed by atoms with E-state index in [-0.39, 0.29) is 17.3 Å². The van der Waals surface area contributed by atoms with Crippen LogP contribution >= 0.6 is 0 Å². The molecule has 0 bridgehead atoms. The van der Waals surface area contributed by atoms with Gasteiger partial charge in [-0.15, -0.1) is 0 Å². The van der Waals surface area contributed by atoms with E-state index in [4.69, 9.17) is 4.84 Å². The highest BCUT2D eigenvalue weighted by atomic mass is 19.1. The van der Waals surface area contributed by atoms with Crippen molar-refractivity contribution in [3.05, 3.63) is 46.8 Å². The molecule has 0 radical (unpaired) electrons. The van der Waals surface area contributed by atoms with Crippen molar-refractivity contribution in [3.8, 4) is 0 Å². The Morgan fingerprint density at radius 1 is 1.18 bits per heavy atom. The van der Waals surface area contributed by atoms with E-state index >= 15 is 0 Å². The Hall–Kier alpha value is -2.90. The number of hydrogen-bond donors (Lipinski definition) is 0. The average Bonchev–Trinajstić information content (AvgIpc) is 3.54. The fourth-order valence-corrected chi connectivity index (χ4v) is 4.64. The summed E-state index contributed by atoms with van der Waals surface area (Å²) in [4.78, 5) is 38.5. The van der Waals surface area contributed by atoms with Crippen LogP contribution in [-0.2, 0) is 16.1 Å². The first-order chi connectivity index (χ1) is 15.8. The zero-order valence-electron chi connectivity index (χ0n) is 19.8. The van der Waals surface area contributed by atoms with E-state index in [2.05, 4.69) is 22.9 Å². The van der Waals surface area contributed by atoms with Gasteiger partial charge < -0.3 is 14.6 Å². The predicted molar refractivity (Wildman–Crippen MR) is 124 cm³/mol. The van der Waals surface area contributed by atoms with E-state index in [1.165, 1.54) is 16.7 Å². The van der Waals surface area contributed by atoms with E-state index in [0.29, 0.717) is 32.6 Å². The molecule has 2 amide bonds. The number of amides is 2. The number of nitrogens with zero attached hydrogens (tertiary/aromatic N) is 4. The van der Waals surface area contributed by atoms with Gasteiger partial charge in [-0.3, -0.25) is 9.79 Å². The Labute approximate surface area is 194 Å². The van der Waals surface area contributed by atoms with Crippen molar-refractivity contribution in [2.24, 2.45) is 4.99 Å². The van der Waals surface area contributed by atoms with Crippen LogP contribution in [0.3, 0.4) is 0 Å². The largest absolute Gasteiger partial charge is 0.434 e. The molecule has 1 aliphatic carbocycles. The molecule has 33 heavy (non-hydrogen) atoms. The molecule has 7 nitrogen and oxygen atoms in total. The molecule has 1 spiro atoms. The second kappa shape index (κ2) is 9.53. The first-order valence-electron chi connectivity index (χ1n) is 11.8. The number of benzene rings is 1. The Balaban J connectivity index is 1.28. The van der Waals surface area contributed by atoms with Gasteiger partial charge in [0.1, 0.15) is 11.7 Å². The number of carbonyl (C=O) groups excluding carboxylic acids is 2. The van der Waals surface area contributed by atoms with Crippen LogP contribution in [0.25, 0.3) is 0 Å². The first-order valence-corrected chi connectivity index (χ1v) is 11.8. The summed E-state index contributed by atoms with van der Waals surface area (Å²) in [6.07, 6.45) is 6.31. The summed E-state index contributed by atoms with van der Waals surface area (Å²) in [6.45, 7) is 6.39. The van der Waals surface area contributed by atoms with Crippen LogP contribution in [0, 0.1) is 12.7 Å². The minimum Gasteiger partial charge on any atom is -0.353 e. The maximum Gasteiger partial charge on any atom is 0.434 e. The van der Waals surface area contributed by atoms with Crippen LogP contribution in [0.5, 0.6) is 0 Å². The van der Waals surface area contributed by atoms with Gasteiger partial charge >= 0.3 is 6.09 Å². The topological polar surface area (TPSA) is 65.5 Å². The zero-order chi connectivity index (χ0) is 23.6. The number of hydrogen-bond acceptors (Lipinski definition) is 4. The predicted octanol–water partition coefficient (Wildman–Crippen LogP) is 3.87. The Bertz CT molecular complexity index is 978. The molecule has 0 N–H and O–H groups in total. The quantitative estimate of drug-likeness (QED) is 0.499. The fourth-order valence-electron chi connectivity index (χ4n) is 4.64. The molecule has 8 heteroatoms. The second-order valence-corrected chi connectivity index (χ2v) is 9.39. The summed E-state index contributed by atoms with van der Waals surface area (Å²) in [5.74, 6) is 0.586. The van der Waals surface area contributed by atoms with Crippen molar-refractivity contribution >= 4 is 17.8 Å². The molecule has 2 saturated heterocycles. The van der Waals surface area contributed by atoms with E-state index in [1.807, 2.05) is 13.0 Å². The summed E-state index contributed by atoms with van der Waals surface area (Å²) in [5.41, 5.74) is 3.07. The highest BCUT2D eigenvalue weighted by Gasteiger charge is 2.57. The lowest BCUT2D eigenvalue weighted by molar-refractivity contribution is -0.172. The van der Waals surface area contributed by atoms with Crippen LogP contribution in [-0.4, -0.2) is 71.5 Å². The van der Waals surface area contributed by atoms with Gasteiger partial charge in [0.25, 0.3) is 5.91 Å². The number of amidine groups is 1. The van der Waals surface area contributed by atoms with Crippen LogP contribution in [0.1, 0.15) is 50.2 Å². The van der Waals surface area contributed by atoms with Gasteiger partial charge in [-0.1, -0.05) is 11.6 Å². The van der Waals surface area contributed by atoms with Crippen molar-refractivity contribution in [2.75, 3.05) is 33.2 Å². The monoisotopic (exact) mass is 456 g/mol. The van der Waals surface area contributed by atoms with Gasteiger partial charge in [0.15, 0.2) is 0 Å². The molecule has 178 valence electrons. The Morgan fingerprint density at radius 3 is 2.55 bits per heavy atom. The van der Waals surface area contributed by atoms with Gasteiger partial charge in [-0.05, 0) is 75.3 Å². The SMILES string of the molecule is CN=C(/C=C(\C)CCc1cc(F)ccc1C)N1CCN(C(=O)ON2C(=O)CCC23CC3)CC1. The molecule has 0 unspecified atom stereocenters. The molecule has 2 heterocycles. The number of piperazine rings is 1. The molecular weight excluding hydrogens is 423 g/mol. The van der Waals surface area contributed by atoms with Crippen LogP contribution in [0.4, 0.5) is 9.18 Å². The number of halogens is 1. The highest BCUT2D eigenvalue weighted by Crippen LogP contribution is 2.50. The smallest absolute Gasteiger partial charge is 0.353 e. The third kappa shape index (κ3) is 5.20. The van der Waals surface area contributed by atoms with Crippen LogP contribution < -0.4 is 0 Å². The van der Waals surface area contributed by atoms with Crippen molar-refractivity contribution in [2.45, 2.75) is 57.9 Å². The van der Waals surface area contributed by atoms with E-state index in [1.54, 1.807) is 18.0 Å². The number of allylic oxidation sites excluding steroid dienone is 1. The van der Waals surface area contributed by atoms with Gasteiger partial charge in [0.2, 0.25) is 0 Å². The van der Waals surface area contributed by atoms with Crippen molar-refractivity contribution in [1.82, 2.24) is 14.9 Å². The first kappa shape index (κ1) is 23.3. The minimum atomic E-state index is -0.441. The van der Waals surface area contributed by atoms with Crippen molar-refractivity contribution in [3.63, 3.8) is 0 Å². The molecule has 0 atom stereocenters. The number of aryl methyl sites for hydroxylation is 2. The maximum absolute atomic E-state index is 13.5. The Kier molecular flexibility index (Phi) is 6.72. The molecule has 1 aromatic rings. The normalized spacial score (nSPS) is 20.6. The summed E-state index contributed by atoms with van der Waals surface area (Å²) >= 11 is 0. The molecular formula is C25H33FN4O3. The minimum absolute atomic E-state index is 0.0889. The van der Waals surface area contributed by atoms with Crippen molar-refractivity contribution < 1.29 is 18.8 Å². The van der Waals surface area contributed by atoms with Crippen LogP contribution in [0.2, 0.25) is 0 Å². The van der Waals surface area contributed by atoms with E-state index in [9.17, 15) is 14.0 Å². The number of carbonyl (C=O) groups is 2. The second-order valence-electron chi connectivity index (χ2n) is 9.39. The van der Waals surface area contributed by atoms with Gasteiger partial charge in [-0.25, -0.2) is 9.18 Å². The maximum atomic E-state index is 13.5.